The molecule has 5 aliphatic rings. The fraction of sp³-hybridized carbons (Fsp3) is 0.269. The summed E-state index contributed by atoms with van der Waals surface area (Å²) in [6, 6.07) is 8.76. The summed E-state index contributed by atoms with van der Waals surface area (Å²) in [6.07, 6.45) is 8.01. The van der Waals surface area contributed by atoms with E-state index in [2.05, 4.69) is 12.2 Å². The number of benzene rings is 2. The third kappa shape index (κ3) is 3.21. The summed E-state index contributed by atoms with van der Waals surface area (Å²) < 4.78 is 15.1. The van der Waals surface area contributed by atoms with Crippen molar-refractivity contribution in [2.24, 2.45) is 35.5 Å². The molecule has 6 atom stereocenters. The topological polar surface area (TPSA) is 54.5 Å². The predicted octanol–water partition coefficient (Wildman–Crippen LogP) is 5.59. The SMILES string of the molecule is O=C(/C=C/c1ccc(N2C(=O)[C@@H]3[C@@H]4C=C[C@@H]([C@H]5C[C@@H]45)[C@@H]3C2=O)c(F)c1)c1cc(Cl)cc(Cl)c1. The summed E-state index contributed by atoms with van der Waals surface area (Å²) in [7, 11) is 0. The van der Waals surface area contributed by atoms with Gasteiger partial charge >= 0.3 is 0 Å². The van der Waals surface area contributed by atoms with Gasteiger partial charge in [-0.1, -0.05) is 47.5 Å². The summed E-state index contributed by atoms with van der Waals surface area (Å²) in [6.45, 7) is 0. The van der Waals surface area contributed by atoms with Crippen molar-refractivity contribution < 1.29 is 18.8 Å². The van der Waals surface area contributed by atoms with Gasteiger partial charge in [-0.05, 0) is 72.1 Å². The van der Waals surface area contributed by atoms with Gasteiger partial charge in [-0.2, -0.15) is 0 Å². The highest BCUT2D eigenvalue weighted by molar-refractivity contribution is 6.35. The zero-order valence-corrected chi connectivity index (χ0v) is 18.8. The molecule has 0 N–H and O–H groups in total. The Morgan fingerprint density at radius 1 is 0.939 bits per heavy atom. The van der Waals surface area contributed by atoms with E-state index < -0.39 is 5.82 Å². The Kier molecular flexibility index (Phi) is 4.65. The lowest BCUT2D eigenvalue weighted by Gasteiger charge is -2.37. The van der Waals surface area contributed by atoms with Crippen molar-refractivity contribution in [2.75, 3.05) is 4.90 Å². The fourth-order valence-electron chi connectivity index (χ4n) is 5.97. The van der Waals surface area contributed by atoms with Crippen LogP contribution in [-0.2, 0) is 9.59 Å². The number of anilines is 1. The van der Waals surface area contributed by atoms with E-state index in [0.717, 1.165) is 11.3 Å². The first-order valence-electron chi connectivity index (χ1n) is 10.9. The van der Waals surface area contributed by atoms with Gasteiger partial charge in [0.25, 0.3) is 0 Å². The first-order chi connectivity index (χ1) is 15.8. The van der Waals surface area contributed by atoms with Crippen LogP contribution in [0.4, 0.5) is 10.1 Å². The van der Waals surface area contributed by atoms with Crippen molar-refractivity contribution in [1.82, 2.24) is 0 Å². The van der Waals surface area contributed by atoms with E-state index in [-0.39, 0.29) is 47.0 Å². The van der Waals surface area contributed by atoms with Gasteiger partial charge in [-0.3, -0.25) is 14.4 Å². The molecule has 0 unspecified atom stereocenters. The van der Waals surface area contributed by atoms with Crippen molar-refractivity contribution in [2.45, 2.75) is 6.42 Å². The minimum atomic E-state index is -0.679. The first kappa shape index (κ1) is 20.8. The third-order valence-electron chi connectivity index (χ3n) is 7.45. The molecule has 3 fully saturated rings. The summed E-state index contributed by atoms with van der Waals surface area (Å²) in [5.41, 5.74) is 0.716. The summed E-state index contributed by atoms with van der Waals surface area (Å²) >= 11 is 11.9. The highest BCUT2D eigenvalue weighted by atomic mass is 35.5. The van der Waals surface area contributed by atoms with Crippen LogP contribution in [0.2, 0.25) is 10.0 Å². The molecule has 2 saturated carbocycles. The van der Waals surface area contributed by atoms with E-state index in [1.54, 1.807) is 6.07 Å². The van der Waals surface area contributed by atoms with E-state index >= 15 is 4.39 Å². The van der Waals surface area contributed by atoms with Gasteiger partial charge < -0.3 is 0 Å². The first-order valence-corrected chi connectivity index (χ1v) is 11.6. The van der Waals surface area contributed by atoms with Crippen molar-refractivity contribution in [3.05, 3.63) is 81.6 Å². The average molecular weight is 482 g/mol. The van der Waals surface area contributed by atoms with E-state index in [0.29, 0.717) is 33.0 Å². The van der Waals surface area contributed by atoms with Crippen LogP contribution in [0.3, 0.4) is 0 Å². The van der Waals surface area contributed by atoms with Gasteiger partial charge in [0.2, 0.25) is 11.8 Å². The number of hydrogen-bond donors (Lipinski definition) is 0. The van der Waals surface area contributed by atoms with E-state index in [9.17, 15) is 14.4 Å². The molecule has 2 aromatic carbocycles. The molecule has 33 heavy (non-hydrogen) atoms. The summed E-state index contributed by atoms with van der Waals surface area (Å²) in [5.74, 6) is -1.22. The van der Waals surface area contributed by atoms with Crippen molar-refractivity contribution in [3.8, 4) is 0 Å². The monoisotopic (exact) mass is 481 g/mol. The van der Waals surface area contributed by atoms with E-state index in [1.807, 2.05) is 0 Å². The molecule has 166 valence electrons. The number of imide groups is 1. The highest BCUT2D eigenvalue weighted by Crippen LogP contribution is 2.65. The Bertz CT molecular complexity index is 1250. The van der Waals surface area contributed by atoms with Crippen LogP contribution >= 0.6 is 23.2 Å². The van der Waals surface area contributed by atoms with Crippen LogP contribution < -0.4 is 4.90 Å². The summed E-state index contributed by atoms with van der Waals surface area (Å²) in [4.78, 5) is 39.8. The molecular formula is C26H18Cl2FNO3. The molecule has 2 bridgehead atoms. The predicted molar refractivity (Wildman–Crippen MR) is 123 cm³/mol. The van der Waals surface area contributed by atoms with Crippen LogP contribution in [0.15, 0.2) is 54.6 Å². The normalized spacial score (nSPS) is 31.3. The Labute approximate surface area is 199 Å². The van der Waals surface area contributed by atoms with Crippen molar-refractivity contribution in [1.29, 1.82) is 0 Å². The molecule has 7 rings (SSSR count). The maximum absolute atomic E-state index is 15.1. The zero-order valence-electron chi connectivity index (χ0n) is 17.3. The molecule has 2 aromatic rings. The maximum atomic E-state index is 15.1. The van der Waals surface area contributed by atoms with Crippen LogP contribution in [0, 0.1) is 41.3 Å². The number of nitrogens with zero attached hydrogens (tertiary/aromatic N) is 1. The minimum absolute atomic E-state index is 0.0300. The van der Waals surface area contributed by atoms with Crippen LogP contribution in [0.1, 0.15) is 22.3 Å². The second-order valence-electron chi connectivity index (χ2n) is 9.23. The second kappa shape index (κ2) is 7.37. The molecule has 0 aromatic heterocycles. The third-order valence-corrected chi connectivity index (χ3v) is 7.89. The van der Waals surface area contributed by atoms with E-state index in [4.69, 9.17) is 23.2 Å². The van der Waals surface area contributed by atoms with E-state index in [1.165, 1.54) is 42.5 Å². The average Bonchev–Trinajstić information content (AvgIpc) is 3.56. The molecule has 4 aliphatic carbocycles. The van der Waals surface area contributed by atoms with Gasteiger partial charge in [0, 0.05) is 15.6 Å². The van der Waals surface area contributed by atoms with Gasteiger partial charge in [-0.15, -0.1) is 0 Å². The van der Waals surface area contributed by atoms with Crippen LogP contribution in [0.5, 0.6) is 0 Å². The summed E-state index contributed by atoms with van der Waals surface area (Å²) in [5, 5.41) is 0.687. The molecule has 1 aliphatic heterocycles. The lowest BCUT2D eigenvalue weighted by molar-refractivity contribution is -0.124. The number of rotatable bonds is 4. The van der Waals surface area contributed by atoms with Gasteiger partial charge in [0.1, 0.15) is 5.82 Å². The standard InChI is InChI=1S/C26H18Cl2FNO3/c27-14-8-13(9-15(28)10-14)22(31)6-2-12-1-5-21(20(29)7-12)30-25(32)23-16-3-4-17(19-11-18(16)19)24(23)26(30)33/h1-10,16-19,23-24H,11H2/b6-2+/t16-,17+,18+,19-,23-,24+. The molecule has 1 saturated heterocycles. The Morgan fingerprint density at radius 2 is 1.55 bits per heavy atom. The lowest BCUT2D eigenvalue weighted by Crippen LogP contribution is -2.40. The molecule has 2 amide bonds. The molecule has 0 radical (unpaired) electrons. The zero-order chi connectivity index (χ0) is 23.0. The Hall–Kier alpha value is -2.76. The number of amides is 2. The van der Waals surface area contributed by atoms with Gasteiger partial charge in [0.05, 0.1) is 17.5 Å². The van der Waals surface area contributed by atoms with Crippen molar-refractivity contribution in [3.63, 3.8) is 0 Å². The van der Waals surface area contributed by atoms with Gasteiger partial charge in [-0.25, -0.2) is 9.29 Å². The number of allylic oxidation sites excluding steroid dienone is 3. The molecule has 1 heterocycles. The molecule has 7 heteroatoms. The highest BCUT2D eigenvalue weighted by Gasteiger charge is 2.67. The number of hydrogen-bond acceptors (Lipinski definition) is 3. The number of carbonyl (C=O) groups is 3. The Balaban J connectivity index is 1.25. The maximum Gasteiger partial charge on any atom is 0.238 e. The van der Waals surface area contributed by atoms with Gasteiger partial charge in [0.15, 0.2) is 5.78 Å². The van der Waals surface area contributed by atoms with Crippen molar-refractivity contribution >= 4 is 52.6 Å². The Morgan fingerprint density at radius 3 is 2.12 bits per heavy atom. The lowest BCUT2D eigenvalue weighted by atomic mass is 9.63. The second-order valence-corrected chi connectivity index (χ2v) is 10.1. The number of carbonyl (C=O) groups excluding carboxylic acids is 3. The smallest absolute Gasteiger partial charge is 0.238 e. The number of ketones is 1. The minimum Gasteiger partial charge on any atom is -0.289 e. The quantitative estimate of drug-likeness (QED) is 0.247. The molecule has 4 nitrogen and oxygen atoms in total. The number of halogens is 3. The molecule has 0 spiro atoms. The molecular weight excluding hydrogens is 464 g/mol. The van der Waals surface area contributed by atoms with Crippen LogP contribution in [-0.4, -0.2) is 17.6 Å². The van der Waals surface area contributed by atoms with Crippen LogP contribution in [0.25, 0.3) is 6.08 Å². The fourth-order valence-corrected chi connectivity index (χ4v) is 6.49. The largest absolute Gasteiger partial charge is 0.289 e.